The maximum absolute atomic E-state index is 13.7. The molecule has 11 nitrogen and oxygen atoms in total. The molecule has 4 rings (SSSR count). The zero-order valence-corrected chi connectivity index (χ0v) is 21.0. The van der Waals surface area contributed by atoms with E-state index in [1.54, 1.807) is 0 Å². The Morgan fingerprint density at radius 3 is 2.52 bits per heavy atom. The van der Waals surface area contributed by atoms with Gasteiger partial charge in [0, 0.05) is 16.9 Å². The normalized spacial score (nSPS) is 17.0. The molecular formula is C25H25F4N7O4. The minimum absolute atomic E-state index is 0.0131. The van der Waals surface area contributed by atoms with Crippen LogP contribution >= 0.6 is 0 Å². The number of hydrogen-bond acceptors (Lipinski definition) is 7. The molecule has 15 heteroatoms. The first-order valence-corrected chi connectivity index (χ1v) is 12.0. The van der Waals surface area contributed by atoms with Gasteiger partial charge in [-0.3, -0.25) is 19.1 Å². The molecule has 1 aliphatic rings. The lowest BCUT2D eigenvalue weighted by molar-refractivity contribution is -0.138. The second-order valence-electron chi connectivity index (χ2n) is 9.33. The number of alkyl halides is 4. The molecule has 1 aliphatic heterocycles. The minimum atomic E-state index is -4.73. The zero-order valence-electron chi connectivity index (χ0n) is 21.0. The highest BCUT2D eigenvalue weighted by Crippen LogP contribution is 2.39. The van der Waals surface area contributed by atoms with Crippen LogP contribution in [0.25, 0.3) is 10.9 Å². The number of fused-ring (bicyclic) bond motifs is 1. The van der Waals surface area contributed by atoms with E-state index in [-0.39, 0.29) is 46.9 Å². The molecule has 3 atom stereocenters. The topological polar surface area (TPSA) is 178 Å². The average Bonchev–Trinajstić information content (AvgIpc) is 3.28. The number of aliphatic imine (C=N–C) groups is 1. The van der Waals surface area contributed by atoms with E-state index in [4.69, 9.17) is 11.5 Å². The van der Waals surface area contributed by atoms with Crippen LogP contribution in [0.15, 0.2) is 41.5 Å². The molecule has 2 amide bonds. The number of guanidine groups is 1. The van der Waals surface area contributed by atoms with Gasteiger partial charge >= 0.3 is 12.1 Å². The molecule has 212 valence electrons. The number of carbonyl (C=O) groups is 3. The summed E-state index contributed by atoms with van der Waals surface area (Å²) in [6.45, 7) is 1.13. The number of carboxylic acids is 1. The fraction of sp³-hybridized carbons (Fsp3) is 0.320. The molecular weight excluding hydrogens is 538 g/mol. The molecule has 2 unspecified atom stereocenters. The number of hydrogen-bond donors (Lipinski definition) is 5. The monoisotopic (exact) mass is 563 g/mol. The highest BCUT2D eigenvalue weighted by atomic mass is 19.4. The Morgan fingerprint density at radius 1 is 1.23 bits per heavy atom. The standard InChI is InChI=1S/C25H25F4N7O4/c1-11-2-3-12(4-17(11)25(27,28)29)15(7-20(37)38)21(23(31)40)36-19-6-13(22(30)39)5-18(16(19)10-34-36)35-24-32-8-14(26)9-33-24/h2-6,10,14-15,21H,7-9H2,1H3,(H2,30,39)(H2,31,40)(H,37,38)(H2,32,33,35)/t15-,21?/m0/s1. The maximum Gasteiger partial charge on any atom is 0.416 e. The van der Waals surface area contributed by atoms with Crippen LogP contribution in [-0.4, -0.2) is 57.9 Å². The van der Waals surface area contributed by atoms with Crippen molar-refractivity contribution in [2.45, 2.75) is 37.7 Å². The summed E-state index contributed by atoms with van der Waals surface area (Å²) >= 11 is 0. The molecule has 0 radical (unpaired) electrons. The van der Waals surface area contributed by atoms with E-state index >= 15 is 0 Å². The Labute approximate surface area is 224 Å². The predicted molar refractivity (Wildman–Crippen MR) is 136 cm³/mol. The molecule has 7 N–H and O–H groups in total. The number of nitrogens with zero attached hydrogens (tertiary/aromatic N) is 3. The Bertz CT molecular complexity index is 1520. The van der Waals surface area contributed by atoms with Gasteiger partial charge in [0.25, 0.3) is 0 Å². The van der Waals surface area contributed by atoms with Crippen molar-refractivity contribution in [3.8, 4) is 0 Å². The summed E-state index contributed by atoms with van der Waals surface area (Å²) in [6.07, 6.45) is -5.38. The van der Waals surface area contributed by atoms with E-state index in [0.717, 1.165) is 10.7 Å². The molecule has 2 aromatic carbocycles. The minimum Gasteiger partial charge on any atom is -0.481 e. The fourth-order valence-corrected chi connectivity index (χ4v) is 4.61. The zero-order chi connectivity index (χ0) is 29.4. The summed E-state index contributed by atoms with van der Waals surface area (Å²) in [6, 6.07) is 4.37. The third kappa shape index (κ3) is 5.82. The number of rotatable bonds is 8. The van der Waals surface area contributed by atoms with Crippen molar-refractivity contribution in [3.05, 3.63) is 58.8 Å². The first-order valence-electron chi connectivity index (χ1n) is 12.0. The van der Waals surface area contributed by atoms with Crippen molar-refractivity contribution in [1.82, 2.24) is 15.1 Å². The molecule has 0 bridgehead atoms. The molecule has 2 heterocycles. The fourth-order valence-electron chi connectivity index (χ4n) is 4.61. The van der Waals surface area contributed by atoms with Crippen LogP contribution < -0.4 is 22.1 Å². The second-order valence-corrected chi connectivity index (χ2v) is 9.33. The second kappa shape index (κ2) is 10.8. The summed E-state index contributed by atoms with van der Waals surface area (Å²) in [5.41, 5.74) is 10.3. The highest BCUT2D eigenvalue weighted by molar-refractivity contribution is 6.07. The molecule has 0 fully saturated rings. The number of carboxylic acid groups (broad SMARTS) is 1. The van der Waals surface area contributed by atoms with E-state index in [9.17, 15) is 37.1 Å². The Kier molecular flexibility index (Phi) is 7.66. The Balaban J connectivity index is 1.89. The first kappa shape index (κ1) is 28.3. The van der Waals surface area contributed by atoms with Gasteiger partial charge in [0.15, 0.2) is 5.96 Å². The highest BCUT2D eigenvalue weighted by Gasteiger charge is 2.37. The van der Waals surface area contributed by atoms with Crippen molar-refractivity contribution in [1.29, 1.82) is 0 Å². The smallest absolute Gasteiger partial charge is 0.416 e. The lowest BCUT2D eigenvalue weighted by Gasteiger charge is -2.26. The SMILES string of the molecule is Cc1ccc([C@H](CC(=O)O)C(C(N)=O)n2ncc3c(NC4=NCC(F)CN4)cc(C(N)=O)cc32)cc1C(F)(F)F. The molecule has 3 aromatic rings. The number of primary amides is 2. The number of halogens is 4. The van der Waals surface area contributed by atoms with Gasteiger partial charge in [-0.05, 0) is 36.2 Å². The summed E-state index contributed by atoms with van der Waals surface area (Å²) in [5, 5.41) is 19.8. The van der Waals surface area contributed by atoms with Crippen molar-refractivity contribution in [2.75, 3.05) is 18.4 Å². The van der Waals surface area contributed by atoms with Crippen LogP contribution in [-0.2, 0) is 15.8 Å². The van der Waals surface area contributed by atoms with Crippen molar-refractivity contribution < 1.29 is 37.1 Å². The largest absolute Gasteiger partial charge is 0.481 e. The van der Waals surface area contributed by atoms with Crippen molar-refractivity contribution in [2.24, 2.45) is 16.5 Å². The van der Waals surface area contributed by atoms with E-state index in [1.807, 2.05) is 0 Å². The third-order valence-corrected chi connectivity index (χ3v) is 6.52. The summed E-state index contributed by atoms with van der Waals surface area (Å²) in [4.78, 5) is 40.8. The van der Waals surface area contributed by atoms with Gasteiger partial charge in [-0.25, -0.2) is 9.38 Å². The van der Waals surface area contributed by atoms with Crippen molar-refractivity contribution in [3.63, 3.8) is 0 Å². The average molecular weight is 564 g/mol. The molecule has 0 spiro atoms. The van der Waals surface area contributed by atoms with Crippen LogP contribution in [0.2, 0.25) is 0 Å². The summed E-state index contributed by atoms with van der Waals surface area (Å²) in [5.74, 6) is -4.50. The molecule has 0 saturated heterocycles. The van der Waals surface area contributed by atoms with E-state index in [1.165, 1.54) is 37.4 Å². The molecule has 0 aliphatic carbocycles. The van der Waals surface area contributed by atoms with Gasteiger partial charge < -0.3 is 27.2 Å². The summed E-state index contributed by atoms with van der Waals surface area (Å²) < 4.78 is 55.5. The lowest BCUT2D eigenvalue weighted by Crippen LogP contribution is -2.41. The van der Waals surface area contributed by atoms with Crippen LogP contribution in [0.5, 0.6) is 0 Å². The van der Waals surface area contributed by atoms with E-state index < -0.39 is 54.1 Å². The number of anilines is 1. The third-order valence-electron chi connectivity index (χ3n) is 6.52. The molecule has 1 aromatic heterocycles. The van der Waals surface area contributed by atoms with Crippen LogP contribution in [0, 0.1) is 6.92 Å². The Hall–Kier alpha value is -4.69. The number of aryl methyl sites for hydroxylation is 1. The van der Waals surface area contributed by atoms with Gasteiger partial charge in [-0.2, -0.15) is 18.3 Å². The van der Waals surface area contributed by atoms with E-state index in [2.05, 4.69) is 20.7 Å². The number of aromatic nitrogens is 2. The van der Waals surface area contributed by atoms with E-state index in [0.29, 0.717) is 5.39 Å². The quantitative estimate of drug-likeness (QED) is 0.261. The number of nitrogens with two attached hydrogens (primary N) is 2. The Morgan fingerprint density at radius 2 is 1.95 bits per heavy atom. The first-order chi connectivity index (χ1) is 18.8. The van der Waals surface area contributed by atoms with Gasteiger partial charge in [-0.15, -0.1) is 0 Å². The van der Waals surface area contributed by atoms with Crippen LogP contribution in [0.1, 0.15) is 45.4 Å². The predicted octanol–water partition coefficient (Wildman–Crippen LogP) is 2.46. The van der Waals surface area contributed by atoms with Crippen LogP contribution in [0.3, 0.4) is 0 Å². The number of amides is 2. The number of carbonyl (C=O) groups excluding carboxylic acids is 2. The van der Waals surface area contributed by atoms with Crippen LogP contribution in [0.4, 0.5) is 23.2 Å². The van der Waals surface area contributed by atoms with Gasteiger partial charge in [0.1, 0.15) is 12.2 Å². The molecule has 40 heavy (non-hydrogen) atoms. The van der Waals surface area contributed by atoms with Gasteiger partial charge in [0.2, 0.25) is 11.8 Å². The number of nitrogens with one attached hydrogen (secondary N) is 2. The van der Waals surface area contributed by atoms with Gasteiger partial charge in [-0.1, -0.05) is 12.1 Å². The summed E-state index contributed by atoms with van der Waals surface area (Å²) in [7, 11) is 0. The van der Waals surface area contributed by atoms with Crippen molar-refractivity contribution >= 4 is 40.3 Å². The van der Waals surface area contributed by atoms with Gasteiger partial charge in [0.05, 0.1) is 42.5 Å². The number of aliphatic carboxylic acids is 1. The maximum atomic E-state index is 13.7. The lowest BCUT2D eigenvalue weighted by atomic mass is 9.86. The molecule has 0 saturated carbocycles. The number of benzene rings is 2.